The molecule has 3 rings (SSSR count). The van der Waals surface area contributed by atoms with Crippen LogP contribution in [0.2, 0.25) is 0 Å². The summed E-state index contributed by atoms with van der Waals surface area (Å²) in [4.78, 5) is 13.7. The second-order valence-electron chi connectivity index (χ2n) is 4.74. The maximum atomic E-state index is 12.5. The highest BCUT2D eigenvalue weighted by Gasteiger charge is 2.19. The fourth-order valence-electron chi connectivity index (χ4n) is 2.10. The van der Waals surface area contributed by atoms with Gasteiger partial charge in [-0.1, -0.05) is 15.9 Å². The van der Waals surface area contributed by atoms with Gasteiger partial charge in [0.05, 0.1) is 10.4 Å². The molecule has 0 spiro atoms. The van der Waals surface area contributed by atoms with Crippen LogP contribution in [0.25, 0.3) is 11.1 Å². The number of rotatable bonds is 3. The van der Waals surface area contributed by atoms with Crippen LogP contribution in [0.15, 0.2) is 55.0 Å². The molecule has 2 aromatic carbocycles. The molecule has 8 heteroatoms. The lowest BCUT2D eigenvalue weighted by Crippen LogP contribution is -2.14. The van der Waals surface area contributed by atoms with E-state index in [1.165, 1.54) is 6.07 Å². The van der Waals surface area contributed by atoms with Gasteiger partial charge in [0.1, 0.15) is 0 Å². The lowest BCUT2D eigenvalue weighted by molar-refractivity contribution is 0.554. The van der Waals surface area contributed by atoms with Crippen LogP contribution in [0.4, 0.5) is 5.69 Å². The molecule has 0 unspecified atom stereocenters. The number of aromatic nitrogens is 1. The summed E-state index contributed by atoms with van der Waals surface area (Å²) >= 11 is 3.29. The fourth-order valence-corrected chi connectivity index (χ4v) is 3.67. The average molecular weight is 383 g/mol. The normalized spacial score (nSPS) is 11.7. The monoisotopic (exact) mass is 382 g/mol. The van der Waals surface area contributed by atoms with E-state index in [4.69, 9.17) is 4.42 Å². The number of hydrogen-bond acceptors (Lipinski definition) is 4. The van der Waals surface area contributed by atoms with Crippen molar-refractivity contribution in [3.05, 3.63) is 57.0 Å². The number of halogens is 1. The van der Waals surface area contributed by atoms with Gasteiger partial charge in [0.2, 0.25) is 0 Å². The first-order valence-corrected chi connectivity index (χ1v) is 8.55. The summed E-state index contributed by atoms with van der Waals surface area (Å²) < 4.78 is 33.3. The van der Waals surface area contributed by atoms with Crippen LogP contribution in [0.1, 0.15) is 5.56 Å². The predicted molar refractivity (Wildman–Crippen MR) is 86.5 cm³/mol. The smallest absolute Gasteiger partial charge is 0.408 e. The Labute approximate surface area is 134 Å². The Hall–Kier alpha value is -2.06. The van der Waals surface area contributed by atoms with Gasteiger partial charge < -0.3 is 4.42 Å². The summed E-state index contributed by atoms with van der Waals surface area (Å²) in [7, 11) is -3.78. The maximum absolute atomic E-state index is 12.5. The van der Waals surface area contributed by atoms with Gasteiger partial charge in [-0.25, -0.2) is 13.2 Å². The number of sulfonamides is 1. The van der Waals surface area contributed by atoms with E-state index in [1.807, 2.05) is 0 Å². The zero-order valence-electron chi connectivity index (χ0n) is 11.4. The third kappa shape index (κ3) is 2.79. The Balaban J connectivity index is 2.06. The number of hydrogen-bond donors (Lipinski definition) is 2. The molecule has 3 aromatic rings. The Morgan fingerprint density at radius 3 is 2.55 bits per heavy atom. The molecule has 0 atom stereocenters. The first-order chi connectivity index (χ1) is 10.3. The number of H-pyrrole nitrogens is 1. The van der Waals surface area contributed by atoms with Crippen LogP contribution in [0.3, 0.4) is 0 Å². The summed E-state index contributed by atoms with van der Waals surface area (Å²) in [5, 5.41) is 0. The van der Waals surface area contributed by atoms with Crippen molar-refractivity contribution in [2.75, 3.05) is 4.72 Å². The lowest BCUT2D eigenvalue weighted by atomic mass is 10.2. The first kappa shape index (κ1) is 14.9. The van der Waals surface area contributed by atoms with Crippen LogP contribution < -0.4 is 10.5 Å². The summed E-state index contributed by atoms with van der Waals surface area (Å²) in [6.07, 6.45) is 0. The minimum Gasteiger partial charge on any atom is -0.408 e. The molecule has 22 heavy (non-hydrogen) atoms. The van der Waals surface area contributed by atoms with Crippen molar-refractivity contribution in [1.82, 2.24) is 4.98 Å². The standard InChI is InChI=1S/C14H11BrN2O4S/c1-8-6-11-12(21-14(18)16-11)7-13(8)22(19,20)17-10-4-2-9(15)3-5-10/h2-7,17H,1H3,(H,16,18). The highest BCUT2D eigenvalue weighted by atomic mass is 79.9. The first-order valence-electron chi connectivity index (χ1n) is 6.27. The van der Waals surface area contributed by atoms with E-state index in [2.05, 4.69) is 25.6 Å². The molecule has 1 heterocycles. The van der Waals surface area contributed by atoms with E-state index in [0.717, 1.165) is 4.47 Å². The van der Waals surface area contributed by atoms with Gasteiger partial charge in [0.25, 0.3) is 10.0 Å². The molecule has 0 aliphatic heterocycles. The van der Waals surface area contributed by atoms with Crippen LogP contribution in [-0.2, 0) is 10.0 Å². The van der Waals surface area contributed by atoms with Gasteiger partial charge in [0.15, 0.2) is 5.58 Å². The molecule has 0 amide bonds. The zero-order valence-corrected chi connectivity index (χ0v) is 13.8. The largest absolute Gasteiger partial charge is 0.417 e. The summed E-state index contributed by atoms with van der Waals surface area (Å²) in [6, 6.07) is 9.66. The van der Waals surface area contributed by atoms with Gasteiger partial charge in [0, 0.05) is 16.2 Å². The second-order valence-corrected chi connectivity index (χ2v) is 7.31. The molecule has 0 saturated carbocycles. The van der Waals surface area contributed by atoms with E-state index >= 15 is 0 Å². The number of fused-ring (bicyclic) bond motifs is 1. The van der Waals surface area contributed by atoms with Gasteiger partial charge in [-0.15, -0.1) is 0 Å². The zero-order chi connectivity index (χ0) is 15.9. The van der Waals surface area contributed by atoms with Crippen molar-refractivity contribution in [2.45, 2.75) is 11.8 Å². The van der Waals surface area contributed by atoms with E-state index in [9.17, 15) is 13.2 Å². The van der Waals surface area contributed by atoms with E-state index in [-0.39, 0.29) is 10.5 Å². The van der Waals surface area contributed by atoms with Gasteiger partial charge >= 0.3 is 5.76 Å². The molecule has 0 bridgehead atoms. The Morgan fingerprint density at radius 2 is 1.86 bits per heavy atom. The number of oxazole rings is 1. The van der Waals surface area contributed by atoms with Crippen LogP contribution in [0.5, 0.6) is 0 Å². The van der Waals surface area contributed by atoms with Crippen molar-refractivity contribution >= 4 is 42.7 Å². The quantitative estimate of drug-likeness (QED) is 0.727. The van der Waals surface area contributed by atoms with E-state index in [1.54, 1.807) is 37.3 Å². The highest BCUT2D eigenvalue weighted by molar-refractivity contribution is 9.10. The van der Waals surface area contributed by atoms with E-state index in [0.29, 0.717) is 16.8 Å². The molecule has 0 saturated heterocycles. The van der Waals surface area contributed by atoms with Crippen molar-refractivity contribution in [3.63, 3.8) is 0 Å². The molecule has 114 valence electrons. The molecule has 2 N–H and O–H groups in total. The fraction of sp³-hybridized carbons (Fsp3) is 0.0714. The average Bonchev–Trinajstić information content (AvgIpc) is 2.79. The highest BCUT2D eigenvalue weighted by Crippen LogP contribution is 2.24. The minimum absolute atomic E-state index is 0.0608. The minimum atomic E-state index is -3.78. The molecule has 0 fully saturated rings. The summed E-state index contributed by atoms with van der Waals surface area (Å²) in [5.41, 5.74) is 1.62. The van der Waals surface area contributed by atoms with Crippen molar-refractivity contribution < 1.29 is 12.8 Å². The van der Waals surface area contributed by atoms with Gasteiger partial charge in [-0.3, -0.25) is 9.71 Å². The Kier molecular flexibility index (Phi) is 3.57. The molecule has 1 aromatic heterocycles. The Bertz CT molecular complexity index is 1000. The SMILES string of the molecule is Cc1cc2[nH]c(=O)oc2cc1S(=O)(=O)Nc1ccc(Br)cc1. The molecular formula is C14H11BrN2O4S. The Morgan fingerprint density at radius 1 is 1.18 bits per heavy atom. The third-order valence-corrected chi connectivity index (χ3v) is 5.15. The van der Waals surface area contributed by atoms with Gasteiger partial charge in [-0.2, -0.15) is 0 Å². The van der Waals surface area contributed by atoms with Crippen molar-refractivity contribution in [3.8, 4) is 0 Å². The second kappa shape index (κ2) is 5.29. The molecule has 0 aliphatic carbocycles. The lowest BCUT2D eigenvalue weighted by Gasteiger charge is -2.10. The summed E-state index contributed by atoms with van der Waals surface area (Å²) in [5.74, 6) is -0.621. The predicted octanol–water partition coefficient (Wildman–Crippen LogP) is 2.99. The van der Waals surface area contributed by atoms with Gasteiger partial charge in [-0.05, 0) is 42.8 Å². The van der Waals surface area contributed by atoms with E-state index < -0.39 is 15.8 Å². The number of nitrogens with one attached hydrogen (secondary N) is 2. The molecule has 6 nitrogen and oxygen atoms in total. The molecule has 0 radical (unpaired) electrons. The van der Waals surface area contributed by atoms with Crippen LogP contribution in [0, 0.1) is 6.92 Å². The number of anilines is 1. The molecule has 0 aliphatic rings. The number of aromatic amines is 1. The van der Waals surface area contributed by atoms with Crippen molar-refractivity contribution in [2.24, 2.45) is 0 Å². The van der Waals surface area contributed by atoms with Crippen LogP contribution >= 0.6 is 15.9 Å². The third-order valence-electron chi connectivity index (χ3n) is 3.10. The topological polar surface area (TPSA) is 92.2 Å². The molecular weight excluding hydrogens is 372 g/mol. The maximum Gasteiger partial charge on any atom is 0.417 e. The number of aryl methyl sites for hydroxylation is 1. The van der Waals surface area contributed by atoms with Crippen molar-refractivity contribution in [1.29, 1.82) is 0 Å². The number of benzene rings is 2. The van der Waals surface area contributed by atoms with Crippen LogP contribution in [-0.4, -0.2) is 13.4 Å². The summed E-state index contributed by atoms with van der Waals surface area (Å²) in [6.45, 7) is 1.65.